The zero-order chi connectivity index (χ0) is 13.3. The van der Waals surface area contributed by atoms with E-state index in [-0.39, 0.29) is 0 Å². The maximum atomic E-state index is 8.65. The van der Waals surface area contributed by atoms with Crippen molar-refractivity contribution in [2.45, 2.75) is 44.6 Å². The molecule has 1 aliphatic carbocycles. The minimum Gasteiger partial charge on any atom is -0.384 e. The third-order valence-electron chi connectivity index (χ3n) is 3.43. The minimum absolute atomic E-state index is 0.450. The topological polar surface area (TPSA) is 57.9 Å². The number of ether oxygens (including phenoxy) is 1. The van der Waals surface area contributed by atoms with Crippen LogP contribution in [0.5, 0.6) is 0 Å². The normalized spacial score (nSPS) is 15.9. The summed E-state index contributed by atoms with van der Waals surface area (Å²) in [6, 6.07) is 5.61. The van der Waals surface area contributed by atoms with E-state index in [0.717, 1.165) is 25.3 Å². The van der Waals surface area contributed by atoms with Gasteiger partial charge in [-0.3, -0.25) is 0 Å². The first-order chi connectivity index (χ1) is 9.38. The van der Waals surface area contributed by atoms with Crippen molar-refractivity contribution in [3.63, 3.8) is 0 Å². The molecular weight excluding hydrogens is 238 g/mol. The van der Waals surface area contributed by atoms with Crippen molar-refractivity contribution in [3.05, 3.63) is 24.0 Å². The van der Waals surface area contributed by atoms with Gasteiger partial charge in [-0.25, -0.2) is 4.98 Å². The summed E-state index contributed by atoms with van der Waals surface area (Å²) < 4.78 is 5.86. The van der Waals surface area contributed by atoms with Gasteiger partial charge < -0.3 is 10.1 Å². The van der Waals surface area contributed by atoms with Crippen LogP contribution in [0.15, 0.2) is 18.3 Å². The maximum absolute atomic E-state index is 8.65. The Morgan fingerprint density at radius 1 is 1.32 bits per heavy atom. The molecule has 0 radical (unpaired) electrons. The summed E-state index contributed by atoms with van der Waals surface area (Å²) in [5.74, 6) is 0. The number of anilines is 1. The summed E-state index contributed by atoms with van der Waals surface area (Å²) in [7, 11) is 0. The quantitative estimate of drug-likeness (QED) is 0.797. The fourth-order valence-electron chi connectivity index (χ4n) is 2.35. The molecule has 0 amide bonds. The average molecular weight is 259 g/mol. The van der Waals surface area contributed by atoms with Gasteiger partial charge in [-0.05, 0) is 31.4 Å². The number of nitrogens with one attached hydrogen (secondary N) is 1. The Labute approximate surface area is 114 Å². The molecule has 0 saturated heterocycles. The van der Waals surface area contributed by atoms with Crippen LogP contribution in [0.1, 0.15) is 44.2 Å². The van der Waals surface area contributed by atoms with Crippen LogP contribution in [0.25, 0.3) is 0 Å². The van der Waals surface area contributed by atoms with Gasteiger partial charge in [-0.2, -0.15) is 5.26 Å². The average Bonchev–Trinajstić information content (AvgIpc) is 2.49. The van der Waals surface area contributed by atoms with Gasteiger partial charge in [-0.1, -0.05) is 19.3 Å². The highest BCUT2D eigenvalue weighted by atomic mass is 16.5. The van der Waals surface area contributed by atoms with Crippen LogP contribution in [-0.2, 0) is 4.74 Å². The molecule has 1 aliphatic rings. The van der Waals surface area contributed by atoms with Crippen molar-refractivity contribution in [2.24, 2.45) is 0 Å². The van der Waals surface area contributed by atoms with Gasteiger partial charge >= 0.3 is 0 Å². The van der Waals surface area contributed by atoms with Crippen molar-refractivity contribution < 1.29 is 4.74 Å². The van der Waals surface area contributed by atoms with E-state index in [2.05, 4.69) is 10.3 Å². The molecule has 1 N–H and O–H groups in total. The largest absolute Gasteiger partial charge is 0.384 e. The van der Waals surface area contributed by atoms with Crippen LogP contribution in [0, 0.1) is 11.3 Å². The van der Waals surface area contributed by atoms with Crippen LogP contribution >= 0.6 is 0 Å². The van der Waals surface area contributed by atoms with E-state index in [0.29, 0.717) is 11.8 Å². The summed E-state index contributed by atoms with van der Waals surface area (Å²) in [5, 5.41) is 11.9. The molecule has 1 aromatic heterocycles. The van der Waals surface area contributed by atoms with Crippen LogP contribution in [-0.4, -0.2) is 24.2 Å². The summed E-state index contributed by atoms with van der Waals surface area (Å²) in [4.78, 5) is 4.01. The molecule has 4 heteroatoms. The van der Waals surface area contributed by atoms with Crippen molar-refractivity contribution in [3.8, 4) is 6.07 Å². The van der Waals surface area contributed by atoms with Crippen LogP contribution in [0.4, 0.5) is 5.69 Å². The molecule has 0 spiro atoms. The molecular formula is C15H21N3O. The first-order valence-electron chi connectivity index (χ1n) is 7.10. The summed E-state index contributed by atoms with van der Waals surface area (Å²) >= 11 is 0. The lowest BCUT2D eigenvalue weighted by Crippen LogP contribution is -2.18. The van der Waals surface area contributed by atoms with E-state index in [1.165, 1.54) is 32.1 Å². The van der Waals surface area contributed by atoms with E-state index >= 15 is 0 Å². The molecule has 2 rings (SSSR count). The molecule has 1 saturated carbocycles. The molecule has 102 valence electrons. The Balaban J connectivity index is 1.57. The number of rotatable bonds is 6. The molecule has 19 heavy (non-hydrogen) atoms. The van der Waals surface area contributed by atoms with Gasteiger partial charge in [-0.15, -0.1) is 0 Å². The zero-order valence-electron chi connectivity index (χ0n) is 11.3. The highest BCUT2D eigenvalue weighted by Gasteiger charge is 2.12. The monoisotopic (exact) mass is 259 g/mol. The number of nitriles is 1. The van der Waals surface area contributed by atoms with Crippen molar-refractivity contribution >= 4 is 5.69 Å². The van der Waals surface area contributed by atoms with E-state index in [9.17, 15) is 0 Å². The third kappa shape index (κ3) is 4.88. The zero-order valence-corrected chi connectivity index (χ0v) is 11.3. The smallest absolute Gasteiger partial charge is 0.140 e. The molecule has 1 aromatic rings. The molecule has 0 aromatic carbocycles. The molecule has 0 bridgehead atoms. The standard InChI is InChI=1S/C15H21N3O/c16-11-13-7-8-14(12-18-13)17-9-4-10-19-15-5-2-1-3-6-15/h7-8,12,15,17H,1-6,9-10H2. The lowest BCUT2D eigenvalue weighted by molar-refractivity contribution is 0.0284. The first kappa shape index (κ1) is 13.8. The highest BCUT2D eigenvalue weighted by molar-refractivity contribution is 5.42. The van der Waals surface area contributed by atoms with Crippen molar-refractivity contribution in [1.82, 2.24) is 4.98 Å². The van der Waals surface area contributed by atoms with Crippen LogP contribution in [0.3, 0.4) is 0 Å². The number of aromatic nitrogens is 1. The fraction of sp³-hybridized carbons (Fsp3) is 0.600. The van der Waals surface area contributed by atoms with Crippen LogP contribution in [0.2, 0.25) is 0 Å². The summed E-state index contributed by atoms with van der Waals surface area (Å²) in [5.41, 5.74) is 1.41. The first-order valence-corrected chi connectivity index (χ1v) is 7.10. The van der Waals surface area contributed by atoms with Gasteiger partial charge in [0.1, 0.15) is 11.8 Å². The predicted molar refractivity (Wildman–Crippen MR) is 74.9 cm³/mol. The second-order valence-electron chi connectivity index (χ2n) is 4.96. The molecule has 0 atom stereocenters. The van der Waals surface area contributed by atoms with E-state index in [1.54, 1.807) is 12.3 Å². The molecule has 0 aliphatic heterocycles. The minimum atomic E-state index is 0.450. The van der Waals surface area contributed by atoms with Crippen molar-refractivity contribution in [1.29, 1.82) is 5.26 Å². The fourth-order valence-corrected chi connectivity index (χ4v) is 2.35. The van der Waals surface area contributed by atoms with Gasteiger partial charge in [0.05, 0.1) is 18.0 Å². The van der Waals surface area contributed by atoms with Crippen molar-refractivity contribution in [2.75, 3.05) is 18.5 Å². The highest BCUT2D eigenvalue weighted by Crippen LogP contribution is 2.20. The van der Waals surface area contributed by atoms with Gasteiger partial charge in [0.25, 0.3) is 0 Å². The maximum Gasteiger partial charge on any atom is 0.140 e. The Hall–Kier alpha value is -1.60. The SMILES string of the molecule is N#Cc1ccc(NCCCOC2CCCCC2)cn1. The molecule has 1 heterocycles. The molecule has 1 fully saturated rings. The lowest BCUT2D eigenvalue weighted by Gasteiger charge is -2.21. The summed E-state index contributed by atoms with van der Waals surface area (Å²) in [6.45, 7) is 1.70. The van der Waals surface area contributed by atoms with E-state index in [1.807, 2.05) is 12.1 Å². The second kappa shape index (κ2) is 7.75. The lowest BCUT2D eigenvalue weighted by atomic mass is 9.98. The Bertz CT molecular complexity index is 404. The predicted octanol–water partition coefficient (Wildman–Crippen LogP) is 3.10. The summed E-state index contributed by atoms with van der Waals surface area (Å²) in [6.07, 6.45) is 9.65. The molecule has 4 nitrogen and oxygen atoms in total. The van der Waals surface area contributed by atoms with E-state index in [4.69, 9.17) is 10.00 Å². The number of hydrogen-bond donors (Lipinski definition) is 1. The van der Waals surface area contributed by atoms with Gasteiger partial charge in [0.15, 0.2) is 0 Å². The Morgan fingerprint density at radius 2 is 2.16 bits per heavy atom. The second-order valence-corrected chi connectivity index (χ2v) is 4.96. The van der Waals surface area contributed by atoms with Gasteiger partial charge in [0.2, 0.25) is 0 Å². The Kier molecular flexibility index (Phi) is 5.64. The number of hydrogen-bond acceptors (Lipinski definition) is 4. The van der Waals surface area contributed by atoms with Crippen LogP contribution < -0.4 is 5.32 Å². The third-order valence-corrected chi connectivity index (χ3v) is 3.43. The van der Waals surface area contributed by atoms with E-state index < -0.39 is 0 Å². The number of nitrogens with zero attached hydrogens (tertiary/aromatic N) is 2. The van der Waals surface area contributed by atoms with Gasteiger partial charge in [0, 0.05) is 13.2 Å². The number of pyridine rings is 1. The molecule has 0 unspecified atom stereocenters. The Morgan fingerprint density at radius 3 is 2.84 bits per heavy atom.